The smallest absolute Gasteiger partial charge is 0.0357 e. The summed E-state index contributed by atoms with van der Waals surface area (Å²) in [4.78, 5) is 2.22. The predicted molar refractivity (Wildman–Crippen MR) is 39.1 cm³/mol. The van der Waals surface area contributed by atoms with E-state index < -0.39 is 0 Å². The van der Waals surface area contributed by atoms with Crippen LogP contribution >= 0.6 is 0 Å². The Kier molecular flexibility index (Phi) is 2.22. The molecule has 0 aromatic heterocycles. The average molecular weight is 126 g/mol. The third-order valence-electron chi connectivity index (χ3n) is 1.73. The van der Waals surface area contributed by atoms with E-state index in [2.05, 4.69) is 11.9 Å². The van der Waals surface area contributed by atoms with E-state index in [1.54, 1.807) is 0 Å². The molecule has 1 heterocycles. The zero-order valence-electron chi connectivity index (χ0n) is 5.98. The Labute approximate surface area is 56.4 Å². The van der Waals surface area contributed by atoms with Gasteiger partial charge in [-0.1, -0.05) is 0 Å². The van der Waals surface area contributed by atoms with Gasteiger partial charge in [0, 0.05) is 12.3 Å². The molecule has 0 amide bonds. The van der Waals surface area contributed by atoms with Crippen molar-refractivity contribution in [3.8, 4) is 0 Å². The van der Waals surface area contributed by atoms with Gasteiger partial charge in [-0.2, -0.15) is 0 Å². The van der Waals surface area contributed by atoms with Crippen molar-refractivity contribution in [1.29, 1.82) is 5.41 Å². The van der Waals surface area contributed by atoms with Crippen LogP contribution in [0.1, 0.15) is 19.3 Å². The molecule has 1 aliphatic heterocycles. The third-order valence-corrected chi connectivity index (χ3v) is 1.73. The minimum absolute atomic E-state index is 0.889. The molecule has 0 bridgehead atoms. The van der Waals surface area contributed by atoms with Gasteiger partial charge in [0.2, 0.25) is 0 Å². The molecule has 1 saturated heterocycles. The van der Waals surface area contributed by atoms with Crippen molar-refractivity contribution in [2.75, 3.05) is 20.1 Å². The molecule has 0 saturated carbocycles. The first-order valence-corrected chi connectivity index (χ1v) is 3.54. The maximum atomic E-state index is 7.42. The predicted octanol–water partition coefficient (Wildman–Crippen LogP) is 1.12. The van der Waals surface area contributed by atoms with Crippen LogP contribution in [0.5, 0.6) is 0 Å². The Hall–Kier alpha value is -0.370. The van der Waals surface area contributed by atoms with Crippen molar-refractivity contribution in [3.63, 3.8) is 0 Å². The van der Waals surface area contributed by atoms with E-state index in [4.69, 9.17) is 5.41 Å². The van der Waals surface area contributed by atoms with Crippen molar-refractivity contribution in [2.24, 2.45) is 0 Å². The molecule has 0 aromatic carbocycles. The van der Waals surface area contributed by atoms with Crippen LogP contribution in [0.3, 0.4) is 0 Å². The summed E-state index contributed by atoms with van der Waals surface area (Å²) in [5, 5.41) is 7.42. The van der Waals surface area contributed by atoms with Crippen molar-refractivity contribution in [2.45, 2.75) is 19.3 Å². The third kappa shape index (κ3) is 2.14. The fourth-order valence-electron chi connectivity index (χ4n) is 1.20. The van der Waals surface area contributed by atoms with Crippen LogP contribution in [0.15, 0.2) is 0 Å². The van der Waals surface area contributed by atoms with Gasteiger partial charge in [0.05, 0.1) is 0 Å². The highest BCUT2D eigenvalue weighted by atomic mass is 15.1. The lowest BCUT2D eigenvalue weighted by Crippen LogP contribution is -2.23. The lowest BCUT2D eigenvalue weighted by molar-refractivity contribution is 0.382. The van der Waals surface area contributed by atoms with Crippen molar-refractivity contribution < 1.29 is 0 Å². The maximum absolute atomic E-state index is 7.42. The summed E-state index contributed by atoms with van der Waals surface area (Å²) in [7, 11) is 2.08. The van der Waals surface area contributed by atoms with Gasteiger partial charge < -0.3 is 10.3 Å². The van der Waals surface area contributed by atoms with Gasteiger partial charge in [-0.15, -0.1) is 0 Å². The molecule has 2 heteroatoms. The van der Waals surface area contributed by atoms with Gasteiger partial charge >= 0.3 is 0 Å². The van der Waals surface area contributed by atoms with Crippen LogP contribution in [0.2, 0.25) is 0 Å². The number of likely N-dealkylation sites (tertiary alicyclic amines) is 1. The van der Waals surface area contributed by atoms with Crippen LogP contribution in [-0.4, -0.2) is 30.7 Å². The minimum Gasteiger partial charge on any atom is -0.308 e. The Morgan fingerprint density at radius 3 is 3.00 bits per heavy atom. The molecular weight excluding hydrogens is 112 g/mol. The summed E-state index contributed by atoms with van der Waals surface area (Å²) >= 11 is 0. The number of hydrogen-bond donors (Lipinski definition) is 1. The number of hydrogen-bond acceptors (Lipinski definition) is 2. The fourth-order valence-corrected chi connectivity index (χ4v) is 1.20. The van der Waals surface area contributed by atoms with Crippen LogP contribution in [0.4, 0.5) is 0 Å². The highest BCUT2D eigenvalue weighted by Crippen LogP contribution is 2.04. The number of nitrogens with one attached hydrogen (secondary N) is 1. The Morgan fingerprint density at radius 1 is 1.44 bits per heavy atom. The first-order valence-electron chi connectivity index (χ1n) is 3.54. The molecule has 1 N–H and O–H groups in total. The molecule has 0 atom stereocenters. The fraction of sp³-hybridized carbons (Fsp3) is 0.857. The SMILES string of the molecule is CN1CCCCC(=N)C1. The van der Waals surface area contributed by atoms with Crippen LogP contribution in [0.25, 0.3) is 0 Å². The number of nitrogens with zero attached hydrogens (tertiary/aromatic N) is 1. The number of rotatable bonds is 0. The second-order valence-electron chi connectivity index (χ2n) is 2.80. The molecule has 1 fully saturated rings. The molecule has 52 valence electrons. The van der Waals surface area contributed by atoms with Crippen molar-refractivity contribution in [3.05, 3.63) is 0 Å². The summed E-state index contributed by atoms with van der Waals surface area (Å²) in [6.45, 7) is 2.06. The molecule has 2 nitrogen and oxygen atoms in total. The molecule has 0 aliphatic carbocycles. The van der Waals surface area contributed by atoms with Crippen molar-refractivity contribution in [1.82, 2.24) is 4.90 Å². The van der Waals surface area contributed by atoms with Crippen LogP contribution < -0.4 is 0 Å². The highest BCUT2D eigenvalue weighted by molar-refractivity contribution is 5.83. The Bertz CT molecular complexity index is 109. The van der Waals surface area contributed by atoms with E-state index in [0.29, 0.717) is 0 Å². The summed E-state index contributed by atoms with van der Waals surface area (Å²) < 4.78 is 0. The second-order valence-corrected chi connectivity index (χ2v) is 2.80. The quantitative estimate of drug-likeness (QED) is 0.517. The monoisotopic (exact) mass is 126 g/mol. The van der Waals surface area contributed by atoms with Crippen molar-refractivity contribution >= 4 is 5.71 Å². The van der Waals surface area contributed by atoms with Gasteiger partial charge in [-0.25, -0.2) is 0 Å². The summed E-state index contributed by atoms with van der Waals surface area (Å²) in [5.41, 5.74) is 0.898. The summed E-state index contributed by atoms with van der Waals surface area (Å²) in [6.07, 6.45) is 3.49. The largest absolute Gasteiger partial charge is 0.308 e. The molecule has 9 heavy (non-hydrogen) atoms. The molecule has 0 radical (unpaired) electrons. The standard InChI is InChI=1S/C7H14N2/c1-9-5-3-2-4-7(8)6-9/h8H,2-6H2,1H3. The van der Waals surface area contributed by atoms with Gasteiger partial charge in [0.1, 0.15) is 0 Å². The lowest BCUT2D eigenvalue weighted by Gasteiger charge is -2.11. The maximum Gasteiger partial charge on any atom is 0.0357 e. The molecular formula is C7H14N2. The molecule has 1 rings (SSSR count). The van der Waals surface area contributed by atoms with Gasteiger partial charge in [-0.3, -0.25) is 0 Å². The highest BCUT2D eigenvalue weighted by Gasteiger charge is 2.06. The van der Waals surface area contributed by atoms with Gasteiger partial charge in [0.25, 0.3) is 0 Å². The summed E-state index contributed by atoms with van der Waals surface area (Å²) in [6, 6.07) is 0. The van der Waals surface area contributed by atoms with Crippen LogP contribution in [0, 0.1) is 5.41 Å². The van der Waals surface area contributed by atoms with E-state index >= 15 is 0 Å². The van der Waals surface area contributed by atoms with E-state index in [0.717, 1.165) is 18.7 Å². The average Bonchev–Trinajstić information content (AvgIpc) is 1.93. The van der Waals surface area contributed by atoms with E-state index in [-0.39, 0.29) is 0 Å². The van der Waals surface area contributed by atoms with Crippen LogP contribution in [-0.2, 0) is 0 Å². The zero-order chi connectivity index (χ0) is 6.69. The topological polar surface area (TPSA) is 27.1 Å². The van der Waals surface area contributed by atoms with E-state index in [9.17, 15) is 0 Å². The molecule has 0 unspecified atom stereocenters. The van der Waals surface area contributed by atoms with Gasteiger partial charge in [0.15, 0.2) is 0 Å². The molecule has 0 spiro atoms. The minimum atomic E-state index is 0.889. The van der Waals surface area contributed by atoms with E-state index in [1.165, 1.54) is 19.4 Å². The first kappa shape index (κ1) is 6.75. The molecule has 1 aliphatic rings. The normalized spacial score (nSPS) is 23.9. The lowest BCUT2D eigenvalue weighted by atomic mass is 10.2. The zero-order valence-corrected chi connectivity index (χ0v) is 5.98. The Morgan fingerprint density at radius 2 is 2.22 bits per heavy atom. The van der Waals surface area contributed by atoms with Gasteiger partial charge in [-0.05, 0) is 32.9 Å². The first-order chi connectivity index (χ1) is 4.29. The second kappa shape index (κ2) is 2.97. The molecule has 0 aromatic rings. The summed E-state index contributed by atoms with van der Waals surface area (Å²) in [5.74, 6) is 0. The van der Waals surface area contributed by atoms with E-state index in [1.807, 2.05) is 0 Å². The Balaban J connectivity index is 2.37.